The predicted octanol–water partition coefficient (Wildman–Crippen LogP) is 1.74. The van der Waals surface area contributed by atoms with Gasteiger partial charge in [0.2, 0.25) is 0 Å². The molecule has 0 unspecified atom stereocenters. The Hall–Kier alpha value is -1.68. The lowest BCUT2D eigenvalue weighted by molar-refractivity contribution is -0.143. The van der Waals surface area contributed by atoms with E-state index in [9.17, 15) is 14.7 Å². The quantitative estimate of drug-likeness (QED) is 0.792. The molecule has 4 heteroatoms. The molecule has 19 heavy (non-hydrogen) atoms. The average molecular weight is 261 g/mol. The fourth-order valence-electron chi connectivity index (χ4n) is 2.65. The van der Waals surface area contributed by atoms with Crippen molar-refractivity contribution in [2.75, 3.05) is 13.1 Å². The van der Waals surface area contributed by atoms with Crippen LogP contribution in [0, 0.1) is 11.8 Å². The van der Waals surface area contributed by atoms with E-state index in [1.54, 1.807) is 12.1 Å². The molecule has 0 aromatic heterocycles. The summed E-state index contributed by atoms with van der Waals surface area (Å²) in [4.78, 5) is 22.8. The van der Waals surface area contributed by atoms with E-state index in [1.165, 1.54) is 6.92 Å². The van der Waals surface area contributed by atoms with E-state index in [0.717, 1.165) is 25.1 Å². The van der Waals surface area contributed by atoms with Crippen molar-refractivity contribution in [1.82, 2.24) is 5.32 Å². The molecule has 1 aliphatic rings. The van der Waals surface area contributed by atoms with Crippen molar-refractivity contribution in [3.8, 4) is 0 Å². The van der Waals surface area contributed by atoms with Crippen LogP contribution in [0.2, 0.25) is 0 Å². The van der Waals surface area contributed by atoms with Crippen molar-refractivity contribution < 1.29 is 14.7 Å². The van der Waals surface area contributed by atoms with E-state index < -0.39 is 5.97 Å². The molecule has 0 aliphatic carbocycles. The van der Waals surface area contributed by atoms with Gasteiger partial charge in [-0.2, -0.15) is 0 Å². The van der Waals surface area contributed by atoms with Gasteiger partial charge < -0.3 is 10.4 Å². The van der Waals surface area contributed by atoms with Gasteiger partial charge in [-0.05, 0) is 50.4 Å². The smallest absolute Gasteiger partial charge is 0.307 e. The minimum atomic E-state index is -0.748. The predicted molar refractivity (Wildman–Crippen MR) is 72.3 cm³/mol. The van der Waals surface area contributed by atoms with Crippen molar-refractivity contribution in [3.05, 3.63) is 35.4 Å². The van der Waals surface area contributed by atoms with Crippen LogP contribution in [-0.4, -0.2) is 29.9 Å². The van der Waals surface area contributed by atoms with Gasteiger partial charge in [-0.25, -0.2) is 0 Å². The molecule has 0 bridgehead atoms. The van der Waals surface area contributed by atoms with E-state index in [4.69, 9.17) is 0 Å². The number of aliphatic carboxylic acids is 1. The maximum atomic E-state index is 11.4. The Morgan fingerprint density at radius 1 is 1.47 bits per heavy atom. The van der Waals surface area contributed by atoms with Crippen LogP contribution in [0.3, 0.4) is 0 Å². The minimum absolute atomic E-state index is 0.0104. The van der Waals surface area contributed by atoms with Gasteiger partial charge in [-0.3, -0.25) is 9.59 Å². The van der Waals surface area contributed by atoms with Crippen LogP contribution in [-0.2, 0) is 11.2 Å². The molecule has 2 atom stereocenters. The summed E-state index contributed by atoms with van der Waals surface area (Å²) in [7, 11) is 0. The number of carbonyl (C=O) groups excluding carboxylic acids is 1. The highest BCUT2D eigenvalue weighted by Crippen LogP contribution is 2.24. The second-order valence-electron chi connectivity index (χ2n) is 5.16. The number of Topliss-reactive ketones (excluding diaryl/α,β-unsaturated/α-hetero) is 1. The summed E-state index contributed by atoms with van der Waals surface area (Å²) in [6, 6.07) is 7.28. The Bertz CT molecular complexity index is 478. The minimum Gasteiger partial charge on any atom is -0.481 e. The number of carboxylic acid groups (broad SMARTS) is 1. The van der Waals surface area contributed by atoms with Gasteiger partial charge >= 0.3 is 5.97 Å². The van der Waals surface area contributed by atoms with Crippen LogP contribution in [0.4, 0.5) is 0 Å². The third-order valence-electron chi connectivity index (χ3n) is 3.77. The molecule has 2 rings (SSSR count). The largest absolute Gasteiger partial charge is 0.481 e. The van der Waals surface area contributed by atoms with Gasteiger partial charge in [-0.15, -0.1) is 0 Å². The molecule has 1 heterocycles. The number of benzene rings is 1. The number of hydrogen-bond donors (Lipinski definition) is 2. The number of rotatable bonds is 5. The first-order chi connectivity index (χ1) is 9.08. The molecule has 1 saturated heterocycles. The second kappa shape index (κ2) is 5.97. The van der Waals surface area contributed by atoms with Gasteiger partial charge in [-0.1, -0.05) is 18.2 Å². The van der Waals surface area contributed by atoms with Crippen LogP contribution < -0.4 is 5.32 Å². The lowest BCUT2D eigenvalue weighted by Crippen LogP contribution is -2.27. The Kier molecular flexibility index (Phi) is 4.32. The van der Waals surface area contributed by atoms with Crippen molar-refractivity contribution >= 4 is 11.8 Å². The second-order valence-corrected chi connectivity index (χ2v) is 5.16. The number of carbonyl (C=O) groups is 2. The summed E-state index contributed by atoms with van der Waals surface area (Å²) in [6.07, 6.45) is 1.40. The highest BCUT2D eigenvalue weighted by molar-refractivity contribution is 5.94. The monoisotopic (exact) mass is 261 g/mol. The summed E-state index contributed by atoms with van der Waals surface area (Å²) in [5.74, 6) is -0.936. The molecule has 1 aromatic rings. The SMILES string of the molecule is CC(=O)c1cccc(C[C@H](C(=O)O)[C@H]2CCNC2)c1. The lowest BCUT2D eigenvalue weighted by atomic mass is 9.86. The molecule has 0 amide bonds. The maximum Gasteiger partial charge on any atom is 0.307 e. The summed E-state index contributed by atoms with van der Waals surface area (Å²) in [6.45, 7) is 3.18. The number of nitrogens with one attached hydrogen (secondary N) is 1. The maximum absolute atomic E-state index is 11.4. The molecule has 0 saturated carbocycles. The van der Waals surface area contributed by atoms with Crippen molar-refractivity contribution in [1.29, 1.82) is 0 Å². The van der Waals surface area contributed by atoms with Crippen molar-refractivity contribution in [3.63, 3.8) is 0 Å². The molecule has 1 aliphatic heterocycles. The molecule has 1 fully saturated rings. The zero-order valence-corrected chi connectivity index (χ0v) is 11.1. The number of ketones is 1. The van der Waals surface area contributed by atoms with Gasteiger partial charge in [0.25, 0.3) is 0 Å². The summed E-state index contributed by atoms with van der Waals surface area (Å²) >= 11 is 0. The first kappa shape index (κ1) is 13.7. The molecule has 0 radical (unpaired) electrons. The fourth-order valence-corrected chi connectivity index (χ4v) is 2.65. The van der Waals surface area contributed by atoms with Gasteiger partial charge in [0, 0.05) is 5.56 Å². The average Bonchev–Trinajstić information content (AvgIpc) is 2.89. The first-order valence-corrected chi connectivity index (χ1v) is 6.61. The van der Waals surface area contributed by atoms with E-state index in [0.29, 0.717) is 12.0 Å². The number of carboxylic acids is 1. The highest BCUT2D eigenvalue weighted by atomic mass is 16.4. The zero-order chi connectivity index (χ0) is 13.8. The van der Waals surface area contributed by atoms with Crippen LogP contribution in [0.1, 0.15) is 29.3 Å². The topological polar surface area (TPSA) is 66.4 Å². The van der Waals surface area contributed by atoms with Crippen LogP contribution in [0.15, 0.2) is 24.3 Å². The fraction of sp³-hybridized carbons (Fsp3) is 0.467. The summed E-state index contributed by atoms with van der Waals surface area (Å²) < 4.78 is 0. The highest BCUT2D eigenvalue weighted by Gasteiger charge is 2.30. The number of hydrogen-bond acceptors (Lipinski definition) is 3. The molecule has 0 spiro atoms. The zero-order valence-electron chi connectivity index (χ0n) is 11.1. The van der Waals surface area contributed by atoms with E-state index in [1.807, 2.05) is 12.1 Å². The van der Waals surface area contributed by atoms with Crippen molar-refractivity contribution in [2.45, 2.75) is 19.8 Å². The van der Waals surface area contributed by atoms with Crippen LogP contribution in [0.5, 0.6) is 0 Å². The normalized spacial score (nSPS) is 20.2. The third-order valence-corrected chi connectivity index (χ3v) is 3.77. The van der Waals surface area contributed by atoms with Crippen LogP contribution >= 0.6 is 0 Å². The van der Waals surface area contributed by atoms with E-state index in [2.05, 4.69) is 5.32 Å². The van der Waals surface area contributed by atoms with Gasteiger partial charge in [0.1, 0.15) is 0 Å². The summed E-state index contributed by atoms with van der Waals surface area (Å²) in [5.41, 5.74) is 1.57. The van der Waals surface area contributed by atoms with Crippen LogP contribution in [0.25, 0.3) is 0 Å². The van der Waals surface area contributed by atoms with Gasteiger partial charge in [0.05, 0.1) is 5.92 Å². The van der Waals surface area contributed by atoms with E-state index >= 15 is 0 Å². The van der Waals surface area contributed by atoms with Gasteiger partial charge in [0.15, 0.2) is 5.78 Å². The summed E-state index contributed by atoms with van der Waals surface area (Å²) in [5, 5.41) is 12.6. The Labute approximate surface area is 112 Å². The Morgan fingerprint density at radius 2 is 2.26 bits per heavy atom. The first-order valence-electron chi connectivity index (χ1n) is 6.61. The van der Waals surface area contributed by atoms with E-state index in [-0.39, 0.29) is 17.6 Å². The van der Waals surface area contributed by atoms with Crippen molar-refractivity contribution in [2.24, 2.45) is 11.8 Å². The molecule has 102 valence electrons. The lowest BCUT2D eigenvalue weighted by Gasteiger charge is -2.18. The Balaban J connectivity index is 2.14. The molecule has 2 N–H and O–H groups in total. The Morgan fingerprint density at radius 3 is 2.84 bits per heavy atom. The standard InChI is InChI=1S/C15H19NO3/c1-10(17)12-4-2-3-11(7-12)8-14(15(18)19)13-5-6-16-9-13/h2-4,7,13-14,16H,5-6,8-9H2,1H3,(H,18,19)/t13-,14-/m0/s1. The molecule has 4 nitrogen and oxygen atoms in total. The third kappa shape index (κ3) is 3.41. The molecule has 1 aromatic carbocycles. The molecular formula is C15H19NO3. The molecular weight excluding hydrogens is 242 g/mol.